The Morgan fingerprint density at radius 2 is 1.92 bits per heavy atom. The first-order valence-electron chi connectivity index (χ1n) is 9.16. The SMILES string of the molecule is CCC(O)CN1CCN(C(=O)c2ccc(N3CCOCC3)nc2)CC1. The number of hydrogen-bond donors (Lipinski definition) is 1. The van der Waals surface area contributed by atoms with E-state index in [1.54, 1.807) is 6.20 Å². The molecule has 1 N–H and O–H groups in total. The van der Waals surface area contributed by atoms with E-state index in [1.165, 1.54) is 0 Å². The smallest absolute Gasteiger partial charge is 0.255 e. The molecule has 1 amide bonds. The first kappa shape index (κ1) is 18.1. The van der Waals surface area contributed by atoms with Crippen molar-refractivity contribution in [2.45, 2.75) is 19.4 Å². The summed E-state index contributed by atoms with van der Waals surface area (Å²) in [6.45, 7) is 8.80. The third kappa shape index (κ3) is 4.68. The fourth-order valence-corrected chi connectivity index (χ4v) is 3.24. The van der Waals surface area contributed by atoms with E-state index >= 15 is 0 Å². The van der Waals surface area contributed by atoms with Crippen molar-refractivity contribution in [1.82, 2.24) is 14.8 Å². The molecule has 2 saturated heterocycles. The quantitative estimate of drug-likeness (QED) is 0.833. The zero-order valence-corrected chi connectivity index (χ0v) is 14.9. The molecule has 3 rings (SSSR count). The lowest BCUT2D eigenvalue weighted by Crippen LogP contribution is -2.50. The Labute approximate surface area is 149 Å². The van der Waals surface area contributed by atoms with Crippen LogP contribution in [0.2, 0.25) is 0 Å². The van der Waals surface area contributed by atoms with Gasteiger partial charge in [-0.3, -0.25) is 9.69 Å². The number of anilines is 1. The lowest BCUT2D eigenvalue weighted by molar-refractivity contribution is 0.0523. The molecule has 25 heavy (non-hydrogen) atoms. The van der Waals surface area contributed by atoms with Gasteiger partial charge in [-0.15, -0.1) is 0 Å². The van der Waals surface area contributed by atoms with Gasteiger partial charge in [0.1, 0.15) is 5.82 Å². The maximum atomic E-state index is 12.7. The monoisotopic (exact) mass is 348 g/mol. The molecule has 1 aromatic rings. The van der Waals surface area contributed by atoms with Gasteiger partial charge in [-0.2, -0.15) is 0 Å². The van der Waals surface area contributed by atoms with Crippen LogP contribution >= 0.6 is 0 Å². The molecule has 2 aliphatic rings. The Bertz CT molecular complexity index is 552. The van der Waals surface area contributed by atoms with Gasteiger partial charge in [0.05, 0.1) is 24.9 Å². The molecular weight excluding hydrogens is 320 g/mol. The molecule has 2 aliphatic heterocycles. The van der Waals surface area contributed by atoms with E-state index in [9.17, 15) is 9.90 Å². The summed E-state index contributed by atoms with van der Waals surface area (Å²) in [7, 11) is 0. The van der Waals surface area contributed by atoms with Gasteiger partial charge in [-0.05, 0) is 18.6 Å². The van der Waals surface area contributed by atoms with Crippen molar-refractivity contribution >= 4 is 11.7 Å². The maximum absolute atomic E-state index is 12.7. The van der Waals surface area contributed by atoms with Crippen molar-refractivity contribution in [2.24, 2.45) is 0 Å². The maximum Gasteiger partial charge on any atom is 0.255 e. The minimum absolute atomic E-state index is 0.0386. The Morgan fingerprint density at radius 3 is 2.52 bits per heavy atom. The molecular formula is C18H28N4O3. The lowest BCUT2D eigenvalue weighted by atomic mass is 10.2. The number of aliphatic hydroxyl groups is 1. The largest absolute Gasteiger partial charge is 0.392 e. The van der Waals surface area contributed by atoms with E-state index < -0.39 is 0 Å². The average Bonchev–Trinajstić information content (AvgIpc) is 2.69. The molecule has 0 aliphatic carbocycles. The number of β-amino-alcohol motifs (C(OH)–C–C–N with tert-alkyl or cyclic N) is 1. The van der Waals surface area contributed by atoms with Crippen molar-refractivity contribution in [3.05, 3.63) is 23.9 Å². The number of aliphatic hydroxyl groups excluding tert-OH is 1. The molecule has 0 bridgehead atoms. The van der Waals surface area contributed by atoms with Crippen LogP contribution in [-0.2, 0) is 4.74 Å². The normalized spacial score (nSPS) is 20.6. The molecule has 138 valence electrons. The van der Waals surface area contributed by atoms with Crippen LogP contribution in [0, 0.1) is 0 Å². The van der Waals surface area contributed by atoms with E-state index in [1.807, 2.05) is 24.0 Å². The Balaban J connectivity index is 1.53. The molecule has 0 aromatic carbocycles. The molecule has 1 unspecified atom stereocenters. The fourth-order valence-electron chi connectivity index (χ4n) is 3.24. The summed E-state index contributed by atoms with van der Waals surface area (Å²) in [5.74, 6) is 0.940. The number of nitrogens with zero attached hydrogens (tertiary/aromatic N) is 4. The number of pyridine rings is 1. The molecule has 2 fully saturated rings. The molecule has 1 aromatic heterocycles. The van der Waals surface area contributed by atoms with E-state index in [-0.39, 0.29) is 12.0 Å². The van der Waals surface area contributed by atoms with Crippen LogP contribution in [-0.4, -0.2) is 90.9 Å². The number of carbonyl (C=O) groups excluding carboxylic acids is 1. The first-order valence-corrected chi connectivity index (χ1v) is 9.16. The number of rotatable bonds is 5. The third-order valence-corrected chi connectivity index (χ3v) is 4.93. The van der Waals surface area contributed by atoms with E-state index in [4.69, 9.17) is 4.74 Å². The van der Waals surface area contributed by atoms with Gasteiger partial charge in [0.2, 0.25) is 0 Å². The van der Waals surface area contributed by atoms with Gasteiger partial charge in [-0.1, -0.05) is 6.92 Å². The number of piperazine rings is 1. The highest BCUT2D eigenvalue weighted by atomic mass is 16.5. The summed E-state index contributed by atoms with van der Waals surface area (Å²) in [6.07, 6.45) is 2.17. The van der Waals surface area contributed by atoms with Crippen molar-refractivity contribution in [2.75, 3.05) is 63.9 Å². The zero-order valence-electron chi connectivity index (χ0n) is 14.9. The predicted molar refractivity (Wildman–Crippen MR) is 95.9 cm³/mol. The van der Waals surface area contributed by atoms with Crippen molar-refractivity contribution < 1.29 is 14.6 Å². The second kappa shape index (κ2) is 8.60. The standard InChI is InChI=1S/C18H28N4O3/c1-2-16(23)14-20-5-7-22(8-6-20)18(24)15-3-4-17(19-13-15)21-9-11-25-12-10-21/h3-4,13,16,23H,2,5-12,14H2,1H3. The molecule has 0 spiro atoms. The molecule has 1 atom stereocenters. The molecule has 7 heteroatoms. The topological polar surface area (TPSA) is 69.1 Å². The second-order valence-electron chi connectivity index (χ2n) is 6.66. The number of amides is 1. The number of morpholine rings is 1. The highest BCUT2D eigenvalue weighted by Gasteiger charge is 2.23. The van der Waals surface area contributed by atoms with Gasteiger partial charge >= 0.3 is 0 Å². The molecule has 7 nitrogen and oxygen atoms in total. The molecule has 3 heterocycles. The Hall–Kier alpha value is -1.70. The van der Waals surface area contributed by atoms with Crippen LogP contribution in [0.25, 0.3) is 0 Å². The van der Waals surface area contributed by atoms with Crippen LogP contribution in [0.1, 0.15) is 23.7 Å². The number of carbonyl (C=O) groups is 1. The number of aromatic nitrogens is 1. The molecule has 0 radical (unpaired) electrons. The fraction of sp³-hybridized carbons (Fsp3) is 0.667. The van der Waals surface area contributed by atoms with Crippen LogP contribution in [0.4, 0.5) is 5.82 Å². The summed E-state index contributed by atoms with van der Waals surface area (Å²) in [5.41, 5.74) is 0.638. The van der Waals surface area contributed by atoms with Gasteiger partial charge in [0.25, 0.3) is 5.91 Å². The lowest BCUT2D eigenvalue weighted by Gasteiger charge is -2.35. The van der Waals surface area contributed by atoms with Gasteiger partial charge in [0.15, 0.2) is 0 Å². The van der Waals surface area contributed by atoms with Crippen molar-refractivity contribution in [3.8, 4) is 0 Å². The van der Waals surface area contributed by atoms with E-state index in [0.717, 1.165) is 51.6 Å². The summed E-state index contributed by atoms with van der Waals surface area (Å²) in [4.78, 5) is 23.4. The zero-order chi connectivity index (χ0) is 17.6. The predicted octanol–water partition coefficient (Wildman–Crippen LogP) is 0.447. The number of ether oxygens (including phenoxy) is 1. The van der Waals surface area contributed by atoms with Gasteiger partial charge in [-0.25, -0.2) is 4.98 Å². The second-order valence-corrected chi connectivity index (χ2v) is 6.66. The van der Waals surface area contributed by atoms with Crippen LogP contribution in [0.5, 0.6) is 0 Å². The van der Waals surface area contributed by atoms with Crippen LogP contribution in [0.3, 0.4) is 0 Å². The van der Waals surface area contributed by atoms with Gasteiger partial charge < -0.3 is 19.6 Å². The third-order valence-electron chi connectivity index (χ3n) is 4.93. The highest BCUT2D eigenvalue weighted by molar-refractivity contribution is 5.94. The van der Waals surface area contributed by atoms with Crippen molar-refractivity contribution in [1.29, 1.82) is 0 Å². The summed E-state index contributed by atoms with van der Waals surface area (Å²) in [6, 6.07) is 3.79. The Morgan fingerprint density at radius 1 is 1.20 bits per heavy atom. The molecule has 0 saturated carbocycles. The van der Waals surface area contributed by atoms with Crippen molar-refractivity contribution in [3.63, 3.8) is 0 Å². The van der Waals surface area contributed by atoms with Crippen LogP contribution in [0.15, 0.2) is 18.3 Å². The van der Waals surface area contributed by atoms with Crippen LogP contribution < -0.4 is 4.90 Å². The minimum Gasteiger partial charge on any atom is -0.392 e. The Kier molecular flexibility index (Phi) is 6.23. The average molecular weight is 348 g/mol. The first-order chi connectivity index (χ1) is 12.2. The van der Waals surface area contributed by atoms with E-state index in [2.05, 4.69) is 14.8 Å². The summed E-state index contributed by atoms with van der Waals surface area (Å²) < 4.78 is 5.35. The van der Waals surface area contributed by atoms with Gasteiger partial charge in [0, 0.05) is 52.0 Å². The number of hydrogen-bond acceptors (Lipinski definition) is 6. The highest BCUT2D eigenvalue weighted by Crippen LogP contribution is 2.15. The summed E-state index contributed by atoms with van der Waals surface area (Å²) in [5, 5.41) is 9.75. The summed E-state index contributed by atoms with van der Waals surface area (Å²) >= 11 is 0. The minimum atomic E-state index is -0.279. The van der Waals surface area contributed by atoms with E-state index in [0.29, 0.717) is 25.2 Å².